The summed E-state index contributed by atoms with van der Waals surface area (Å²) in [5.41, 5.74) is 3.42. The van der Waals surface area contributed by atoms with Crippen molar-refractivity contribution in [1.82, 2.24) is 9.80 Å². The van der Waals surface area contributed by atoms with Gasteiger partial charge in [0.2, 0.25) is 5.91 Å². The number of Topliss-reactive ketones (excluding diaryl/α,β-unsaturated/α-hetero) is 1. The lowest BCUT2D eigenvalue weighted by atomic mass is 9.49. The number of rotatable bonds is 7. The van der Waals surface area contributed by atoms with Gasteiger partial charge in [-0.3, -0.25) is 19.4 Å². The first kappa shape index (κ1) is 34.9. The molecular weight excluding hydrogens is 589 g/mol. The zero-order valence-corrected chi connectivity index (χ0v) is 27.2. The van der Waals surface area contributed by atoms with E-state index in [1.807, 2.05) is 44.2 Å². The van der Waals surface area contributed by atoms with Crippen LogP contribution in [0, 0.1) is 13.8 Å². The van der Waals surface area contributed by atoms with Crippen LogP contribution in [0.3, 0.4) is 0 Å². The van der Waals surface area contributed by atoms with Crippen molar-refractivity contribution in [3.05, 3.63) is 65.2 Å². The van der Waals surface area contributed by atoms with Crippen LogP contribution in [0.25, 0.3) is 0 Å². The summed E-state index contributed by atoms with van der Waals surface area (Å²) in [6.07, 6.45) is 3.35. The maximum atomic E-state index is 12.6. The number of nitrogens with one attached hydrogen (secondary N) is 1. The number of aryl methyl sites for hydroxylation is 2. The first-order valence-corrected chi connectivity index (χ1v) is 14.8. The van der Waals surface area contributed by atoms with E-state index in [1.54, 1.807) is 6.07 Å². The molecule has 4 aliphatic rings. The summed E-state index contributed by atoms with van der Waals surface area (Å²) >= 11 is 0. The molecule has 1 amide bonds. The van der Waals surface area contributed by atoms with E-state index >= 15 is 0 Å². The summed E-state index contributed by atoms with van der Waals surface area (Å²) < 4.78 is 5.98. The number of likely N-dealkylation sites (tertiary alicyclic amines) is 1. The molecule has 1 spiro atoms. The maximum Gasteiger partial charge on any atom is 0.238 e. The van der Waals surface area contributed by atoms with Gasteiger partial charge >= 0.3 is 0 Å². The average molecular weight is 635 g/mol. The molecule has 0 aromatic heterocycles. The number of phenolic OH excluding ortho intramolecular Hbond substituents is 1. The molecule has 2 aromatic carbocycles. The molecule has 0 radical (unpaired) electrons. The Morgan fingerprint density at radius 1 is 1.16 bits per heavy atom. The van der Waals surface area contributed by atoms with Gasteiger partial charge in [-0.15, -0.1) is 31.4 Å². The molecule has 2 aliphatic carbocycles. The number of para-hydroxylation sites is 1. The van der Waals surface area contributed by atoms with Crippen LogP contribution in [0.1, 0.15) is 55.4 Å². The Hall–Kier alpha value is -2.62. The topological polar surface area (TPSA) is 102 Å². The summed E-state index contributed by atoms with van der Waals surface area (Å²) in [5.74, 6) is 0.589. The fraction of sp³-hybridized carbons (Fsp3) is 0.515. The van der Waals surface area contributed by atoms with E-state index in [1.165, 1.54) is 0 Å². The van der Waals surface area contributed by atoms with E-state index in [0.29, 0.717) is 38.0 Å². The lowest BCUT2D eigenvalue weighted by Crippen LogP contribution is -2.76. The molecule has 2 aromatic rings. The number of carbonyl (C=O) groups is 2. The standard InChI is InChI=1S/C19H21NO4.C14H22N2O.2ClH/c1-2-8-20-9-7-18-15-11-3-4-12(21)16(15)24-17(18)13(22)5-6-19(18,23)14(20)10-11;1-5-16(6-2)10-13(17)15-14-11(3)8-7-9-12(14)4;;/h2-4,14,17,21,23H,1,5-10H2;7-9H,5-6,10H2,1-4H3,(H,15,17);2*1H/t14-,17+,18+,19-;;;/m1.../s1. The number of ether oxygens (including phenoxy) is 1. The van der Waals surface area contributed by atoms with Gasteiger partial charge in [0.1, 0.15) is 0 Å². The highest BCUT2D eigenvalue weighted by Crippen LogP contribution is 2.64. The fourth-order valence-electron chi connectivity index (χ4n) is 7.64. The zero-order valence-electron chi connectivity index (χ0n) is 25.5. The van der Waals surface area contributed by atoms with E-state index in [4.69, 9.17) is 4.74 Å². The quantitative estimate of drug-likeness (QED) is 0.379. The number of carbonyl (C=O) groups excluding carboxylic acids is 2. The number of piperidine rings is 1. The number of hydrogen-bond acceptors (Lipinski definition) is 7. The molecule has 43 heavy (non-hydrogen) atoms. The second kappa shape index (κ2) is 13.6. The molecule has 236 valence electrons. The van der Waals surface area contributed by atoms with E-state index < -0.39 is 17.1 Å². The minimum Gasteiger partial charge on any atom is -0.504 e. The third kappa shape index (κ3) is 5.69. The Kier molecular flexibility index (Phi) is 11.0. The Morgan fingerprint density at radius 2 is 1.84 bits per heavy atom. The number of benzene rings is 2. The number of halogens is 2. The molecular formula is C33H45Cl2N3O5. The highest BCUT2D eigenvalue weighted by Gasteiger charge is 2.73. The van der Waals surface area contributed by atoms with Crippen LogP contribution < -0.4 is 10.1 Å². The van der Waals surface area contributed by atoms with Crippen LogP contribution in [0.15, 0.2) is 43.0 Å². The summed E-state index contributed by atoms with van der Waals surface area (Å²) in [6.45, 7) is 15.8. The smallest absolute Gasteiger partial charge is 0.238 e. The SMILES string of the molecule is C=CCN1CC[C@]23c4c5ccc(O)c4O[C@H]2C(=O)CC[C@@]3(O)[C@H]1C5.CCN(CC)CC(=O)Nc1c(C)cccc1C.Cl.Cl. The van der Waals surface area contributed by atoms with Gasteiger partial charge in [0.05, 0.1) is 17.6 Å². The number of anilines is 1. The molecule has 1 saturated heterocycles. The van der Waals surface area contributed by atoms with Crippen molar-refractivity contribution >= 4 is 42.2 Å². The van der Waals surface area contributed by atoms with Crippen LogP contribution >= 0.6 is 24.8 Å². The van der Waals surface area contributed by atoms with Crippen molar-refractivity contribution in [3.63, 3.8) is 0 Å². The van der Waals surface area contributed by atoms with Gasteiger partial charge in [-0.25, -0.2) is 0 Å². The van der Waals surface area contributed by atoms with Gasteiger partial charge in [0, 0.05) is 36.8 Å². The molecule has 4 atom stereocenters. The number of aliphatic hydroxyl groups is 1. The van der Waals surface area contributed by atoms with Crippen molar-refractivity contribution in [2.45, 2.75) is 76.5 Å². The van der Waals surface area contributed by atoms with Gasteiger partial charge in [-0.2, -0.15) is 0 Å². The number of aromatic hydroxyl groups is 1. The number of ketones is 1. The molecule has 0 unspecified atom stereocenters. The monoisotopic (exact) mass is 633 g/mol. The third-order valence-corrected chi connectivity index (χ3v) is 9.74. The molecule has 2 bridgehead atoms. The Bertz CT molecular complexity index is 1350. The van der Waals surface area contributed by atoms with E-state index in [-0.39, 0.29) is 48.3 Å². The summed E-state index contributed by atoms with van der Waals surface area (Å²) in [4.78, 5) is 28.9. The highest BCUT2D eigenvalue weighted by atomic mass is 35.5. The van der Waals surface area contributed by atoms with Crippen LogP contribution in [0.4, 0.5) is 5.69 Å². The zero-order chi connectivity index (χ0) is 29.5. The first-order valence-electron chi connectivity index (χ1n) is 14.8. The average Bonchev–Trinajstić information content (AvgIpc) is 3.31. The van der Waals surface area contributed by atoms with Crippen LogP contribution in [-0.2, 0) is 21.4 Å². The third-order valence-electron chi connectivity index (χ3n) is 9.74. The van der Waals surface area contributed by atoms with E-state index in [0.717, 1.165) is 54.1 Å². The fourth-order valence-corrected chi connectivity index (χ4v) is 7.64. The summed E-state index contributed by atoms with van der Waals surface area (Å²) in [6, 6.07) is 9.55. The van der Waals surface area contributed by atoms with Crippen molar-refractivity contribution in [3.8, 4) is 11.5 Å². The summed E-state index contributed by atoms with van der Waals surface area (Å²) in [7, 11) is 0. The van der Waals surface area contributed by atoms with Gasteiger partial charge in [0.15, 0.2) is 23.4 Å². The lowest BCUT2D eigenvalue weighted by Gasteiger charge is -2.62. The van der Waals surface area contributed by atoms with Crippen molar-refractivity contribution in [2.24, 2.45) is 0 Å². The Balaban J connectivity index is 0.000000239. The number of phenols is 1. The van der Waals surface area contributed by atoms with Crippen molar-refractivity contribution in [1.29, 1.82) is 0 Å². The second-order valence-electron chi connectivity index (χ2n) is 11.8. The molecule has 2 aliphatic heterocycles. The predicted molar refractivity (Wildman–Crippen MR) is 174 cm³/mol. The van der Waals surface area contributed by atoms with Crippen LogP contribution in [0.5, 0.6) is 11.5 Å². The Morgan fingerprint density at radius 3 is 2.47 bits per heavy atom. The molecule has 2 heterocycles. The minimum atomic E-state index is -1.00. The van der Waals surface area contributed by atoms with Gasteiger partial charge < -0.3 is 20.3 Å². The Labute approximate surface area is 267 Å². The van der Waals surface area contributed by atoms with Gasteiger partial charge in [-0.05, 0) is 69.0 Å². The van der Waals surface area contributed by atoms with Crippen molar-refractivity contribution in [2.75, 3.05) is 38.0 Å². The molecule has 8 nitrogen and oxygen atoms in total. The van der Waals surface area contributed by atoms with Crippen molar-refractivity contribution < 1.29 is 24.5 Å². The molecule has 1 saturated carbocycles. The molecule has 6 rings (SSSR count). The minimum absolute atomic E-state index is 0. The summed E-state index contributed by atoms with van der Waals surface area (Å²) in [5, 5.41) is 25.1. The maximum absolute atomic E-state index is 12.6. The van der Waals surface area contributed by atoms with Crippen LogP contribution in [0.2, 0.25) is 0 Å². The first-order chi connectivity index (χ1) is 19.6. The number of likely N-dealkylation sites (N-methyl/N-ethyl adjacent to an activating group) is 1. The molecule has 2 fully saturated rings. The van der Waals surface area contributed by atoms with E-state index in [2.05, 4.69) is 35.5 Å². The largest absolute Gasteiger partial charge is 0.504 e. The lowest BCUT2D eigenvalue weighted by molar-refractivity contribution is -0.187. The highest BCUT2D eigenvalue weighted by molar-refractivity contribution is 5.93. The number of amides is 1. The number of hydrogen-bond donors (Lipinski definition) is 3. The normalized spacial score (nSPS) is 26.1. The van der Waals surface area contributed by atoms with Crippen LogP contribution in [-0.4, -0.2) is 82.2 Å². The predicted octanol–water partition coefficient (Wildman–Crippen LogP) is 4.73. The van der Waals surface area contributed by atoms with E-state index in [9.17, 15) is 19.8 Å². The second-order valence-corrected chi connectivity index (χ2v) is 11.8. The van der Waals surface area contributed by atoms with Gasteiger partial charge in [-0.1, -0.05) is 44.2 Å². The van der Waals surface area contributed by atoms with Gasteiger partial charge in [0.25, 0.3) is 0 Å². The number of nitrogens with zero attached hydrogens (tertiary/aromatic N) is 2. The molecule has 10 heteroatoms. The molecule has 3 N–H and O–H groups in total.